The van der Waals surface area contributed by atoms with Crippen LogP contribution in [0.2, 0.25) is 0 Å². The van der Waals surface area contributed by atoms with E-state index in [2.05, 4.69) is 43.6 Å². The van der Waals surface area contributed by atoms with Crippen molar-refractivity contribution in [3.63, 3.8) is 0 Å². The van der Waals surface area contributed by atoms with Gasteiger partial charge in [-0.25, -0.2) is 0 Å². The molecule has 0 aromatic rings. The summed E-state index contributed by atoms with van der Waals surface area (Å²) in [6, 6.07) is 0.366. The molecule has 0 aromatic heterocycles. The average Bonchev–Trinajstić information content (AvgIpc) is 3.95. The molecule has 72 heavy (non-hydrogen) atoms. The number of aliphatic hydroxyl groups is 1. The number of hydrogen-bond acceptors (Lipinski definition) is 7. The van der Waals surface area contributed by atoms with Crippen molar-refractivity contribution < 1.29 is 33.8 Å². The predicted molar refractivity (Wildman–Crippen MR) is 291 cm³/mol. The third-order valence-corrected chi connectivity index (χ3v) is 19.0. The number of ether oxygens (including phenoxy) is 1. The smallest absolute Gasteiger partial charge is 0.239 e. The summed E-state index contributed by atoms with van der Waals surface area (Å²) in [6.45, 7) is 10.6. The predicted octanol–water partition coefficient (Wildman–Crippen LogP) is 11.9. The molecule has 11 atom stereocenters. The van der Waals surface area contributed by atoms with Gasteiger partial charge in [-0.1, -0.05) is 97.1 Å². The van der Waals surface area contributed by atoms with Crippen molar-refractivity contribution in [2.75, 3.05) is 46.5 Å². The number of hydrogen-bond donors (Lipinski definition) is 3. The van der Waals surface area contributed by atoms with Crippen molar-refractivity contribution in [2.24, 2.45) is 52.8 Å². The van der Waals surface area contributed by atoms with E-state index < -0.39 is 0 Å². The fourth-order valence-electron chi connectivity index (χ4n) is 15.2. The van der Waals surface area contributed by atoms with Gasteiger partial charge in [0.05, 0.1) is 25.7 Å². The Balaban J connectivity index is 0.969. The molecule has 6 unspecified atom stereocenters. The van der Waals surface area contributed by atoms with Crippen LogP contribution in [-0.2, 0) is 28.7 Å². The molecule has 5 aliphatic rings. The first kappa shape index (κ1) is 60.1. The van der Waals surface area contributed by atoms with Crippen molar-refractivity contribution in [1.29, 1.82) is 0 Å². The molecular formula is C61H106N4O7. The summed E-state index contributed by atoms with van der Waals surface area (Å²) in [6.07, 6.45) is 39.1. The summed E-state index contributed by atoms with van der Waals surface area (Å²) < 4.78 is 5.32. The van der Waals surface area contributed by atoms with Crippen LogP contribution in [0.4, 0.5) is 0 Å². The first-order valence-electron chi connectivity index (χ1n) is 30.3. The minimum atomic E-state index is -0.229. The monoisotopic (exact) mass is 1010 g/mol. The highest BCUT2D eigenvalue weighted by Crippen LogP contribution is 2.65. The number of unbranched alkanes of at least 4 members (excludes halogenated alkanes) is 14. The summed E-state index contributed by atoms with van der Waals surface area (Å²) in [4.78, 5) is 69.2. The molecule has 0 spiro atoms. The summed E-state index contributed by atoms with van der Waals surface area (Å²) in [5, 5.41) is 15.9. The van der Waals surface area contributed by atoms with Gasteiger partial charge in [0.2, 0.25) is 23.6 Å². The largest absolute Gasteiger partial charge is 0.396 e. The van der Waals surface area contributed by atoms with Crippen LogP contribution in [0.3, 0.4) is 0 Å². The van der Waals surface area contributed by atoms with Crippen LogP contribution in [0.15, 0.2) is 12.2 Å². The van der Waals surface area contributed by atoms with Gasteiger partial charge in [-0.2, -0.15) is 0 Å². The Morgan fingerprint density at radius 2 is 1.39 bits per heavy atom. The number of allylic oxidation sites excluding steroid dienone is 2. The number of rotatable bonds is 35. The zero-order chi connectivity index (χ0) is 51.7. The van der Waals surface area contributed by atoms with Gasteiger partial charge in [-0.15, -0.1) is 0 Å². The third kappa shape index (κ3) is 18.8. The lowest BCUT2D eigenvalue weighted by molar-refractivity contribution is -0.139. The maximum Gasteiger partial charge on any atom is 0.239 e. The number of Topliss-reactive ketones (excluding diaryl/α,β-unsaturated/α-hetero) is 1. The van der Waals surface area contributed by atoms with Crippen LogP contribution in [-0.4, -0.2) is 103 Å². The number of amides is 4. The maximum absolute atomic E-state index is 13.9. The van der Waals surface area contributed by atoms with E-state index in [0.717, 1.165) is 87.4 Å². The summed E-state index contributed by atoms with van der Waals surface area (Å²) in [7, 11) is 1.64. The molecule has 0 aromatic carbocycles. The molecule has 11 heteroatoms. The van der Waals surface area contributed by atoms with Crippen LogP contribution < -0.4 is 10.6 Å². The Kier molecular flexibility index (Phi) is 27.2. The first-order chi connectivity index (χ1) is 34.9. The Hall–Kier alpha value is -2.79. The molecule has 0 bridgehead atoms. The van der Waals surface area contributed by atoms with Crippen LogP contribution in [0.25, 0.3) is 0 Å². The van der Waals surface area contributed by atoms with Crippen LogP contribution in [0.1, 0.15) is 233 Å². The number of carbonyl (C=O) groups is 5. The highest BCUT2D eigenvalue weighted by atomic mass is 16.5. The number of nitrogens with one attached hydrogen (secondary N) is 2. The zero-order valence-corrected chi connectivity index (χ0v) is 46.6. The normalized spacial score (nSPS) is 28.3. The zero-order valence-electron chi connectivity index (χ0n) is 46.6. The molecule has 11 nitrogen and oxygen atoms in total. The molecule has 0 radical (unpaired) electrons. The van der Waals surface area contributed by atoms with Crippen LogP contribution >= 0.6 is 0 Å². The number of methoxy groups -OCH3 is 1. The second kappa shape index (κ2) is 32.6. The number of likely N-dealkylation sites (tertiary alicyclic amines) is 1. The van der Waals surface area contributed by atoms with E-state index in [1.807, 2.05) is 11.8 Å². The van der Waals surface area contributed by atoms with Gasteiger partial charge in [-0.3, -0.25) is 24.0 Å². The molecule has 4 saturated carbocycles. The van der Waals surface area contributed by atoms with Gasteiger partial charge < -0.3 is 30.3 Å². The van der Waals surface area contributed by atoms with E-state index in [0.29, 0.717) is 75.1 Å². The van der Waals surface area contributed by atoms with E-state index in [4.69, 9.17) is 4.74 Å². The minimum absolute atomic E-state index is 0.0195. The molecule has 5 fully saturated rings. The fourth-order valence-corrected chi connectivity index (χ4v) is 15.2. The van der Waals surface area contributed by atoms with E-state index in [1.54, 1.807) is 7.11 Å². The molecule has 4 aliphatic carbocycles. The second-order valence-electron chi connectivity index (χ2n) is 24.2. The maximum atomic E-state index is 13.9. The summed E-state index contributed by atoms with van der Waals surface area (Å²) >= 11 is 0. The highest BCUT2D eigenvalue weighted by molar-refractivity contribution is 5.89. The van der Waals surface area contributed by atoms with Crippen molar-refractivity contribution in [2.45, 2.75) is 245 Å². The van der Waals surface area contributed by atoms with E-state index >= 15 is 0 Å². The van der Waals surface area contributed by atoms with E-state index in [-0.39, 0.29) is 61.1 Å². The van der Waals surface area contributed by atoms with Gasteiger partial charge in [0.15, 0.2) is 5.78 Å². The number of likely N-dealkylation sites (N-methyl/N-ethyl adjacent to an activating group) is 1. The number of aliphatic hydroxyl groups excluding tert-OH is 1. The van der Waals surface area contributed by atoms with Crippen molar-refractivity contribution in [1.82, 2.24) is 20.4 Å². The lowest BCUT2D eigenvalue weighted by Gasteiger charge is -2.57. The molecular weight excluding hydrogens is 901 g/mol. The summed E-state index contributed by atoms with van der Waals surface area (Å²) in [5.41, 5.74) is 0.291. The van der Waals surface area contributed by atoms with Crippen molar-refractivity contribution in [3.05, 3.63) is 12.2 Å². The van der Waals surface area contributed by atoms with Gasteiger partial charge in [0.1, 0.15) is 0 Å². The Morgan fingerprint density at radius 1 is 0.722 bits per heavy atom. The third-order valence-electron chi connectivity index (χ3n) is 19.0. The van der Waals surface area contributed by atoms with Crippen LogP contribution in [0.5, 0.6) is 0 Å². The lowest BCUT2D eigenvalue weighted by Crippen LogP contribution is -2.51. The number of ketones is 1. The topological polar surface area (TPSA) is 145 Å². The molecule has 5 rings (SSSR count). The van der Waals surface area contributed by atoms with Crippen molar-refractivity contribution >= 4 is 29.4 Å². The van der Waals surface area contributed by atoms with Gasteiger partial charge in [-0.05, 0) is 169 Å². The van der Waals surface area contributed by atoms with Gasteiger partial charge in [0, 0.05) is 64.4 Å². The molecule has 3 N–H and O–H groups in total. The standard InChI is InChI=1S/C61H106N4O7/c1-6-8-9-10-11-12-13-14-15-16-17-18-19-20-24-27-57(68)63-49-31-33-52-48(40-49)30-32-54-53(52)37-38-61(4)55(34-35-56(54)61)46(3)29-36-59(70)64(43-58(69)62-7-2)42-51(67)26-23-21-22-25-28-60(71)65-41-47(44-66)39-50(65)45-72-5/h14-15,46-50,52-56,66H,6-13,16-45H2,1-5H3,(H,62,69)(H,63,68)/b15-14-/t46-,47-,48?,49?,50+,52?,53?,54?,55-,56?,61-/m1/s1. The molecule has 412 valence electrons. The van der Waals surface area contributed by atoms with Gasteiger partial charge >= 0.3 is 0 Å². The minimum Gasteiger partial charge on any atom is -0.396 e. The average molecular weight is 1010 g/mol. The fraction of sp³-hybridized carbons (Fsp3) is 0.885. The van der Waals surface area contributed by atoms with E-state index in [9.17, 15) is 29.1 Å². The second-order valence-corrected chi connectivity index (χ2v) is 24.2. The number of nitrogens with zero attached hydrogens (tertiary/aromatic N) is 2. The Bertz CT molecular complexity index is 1660. The first-order valence-corrected chi connectivity index (χ1v) is 30.3. The Morgan fingerprint density at radius 3 is 2.08 bits per heavy atom. The van der Waals surface area contributed by atoms with Gasteiger partial charge in [0.25, 0.3) is 0 Å². The SMILES string of the molecule is CCCCCCCC/C=C\CCCCCCCC(=O)NC1CCC2C(CCC3C2CC[C@@]2(C)C3CC[C@@H]2[C@H](C)CCC(=O)N(CC(=O)CCCCCCC(=O)N2C[C@H](CO)C[C@H]2COC)CC(=O)NCC)C1. The van der Waals surface area contributed by atoms with E-state index in [1.165, 1.54) is 120 Å². The van der Waals surface area contributed by atoms with Crippen molar-refractivity contribution in [3.8, 4) is 0 Å². The molecule has 1 aliphatic heterocycles. The molecule has 4 amide bonds. The number of carbonyl (C=O) groups excluding carboxylic acids is 5. The number of fused-ring (bicyclic) bond motifs is 5. The Labute approximate surface area is 438 Å². The molecule has 1 heterocycles. The summed E-state index contributed by atoms with van der Waals surface area (Å²) in [5.74, 6) is 4.98. The molecule has 1 saturated heterocycles. The highest BCUT2D eigenvalue weighted by Gasteiger charge is 2.57. The lowest BCUT2D eigenvalue weighted by atomic mass is 9.49. The van der Waals surface area contributed by atoms with Crippen LogP contribution in [0, 0.1) is 52.8 Å². The quantitative estimate of drug-likeness (QED) is 0.0423.